The maximum atomic E-state index is 13.2. The van der Waals surface area contributed by atoms with Gasteiger partial charge in [-0.1, -0.05) is 6.07 Å². The van der Waals surface area contributed by atoms with Gasteiger partial charge in [0.05, 0.1) is 29.7 Å². The molecule has 2 aliphatic heterocycles. The van der Waals surface area contributed by atoms with Crippen LogP contribution < -0.4 is 19.8 Å². The number of morpholine rings is 1. The maximum absolute atomic E-state index is 13.2. The quantitative estimate of drug-likeness (QED) is 0.696. The Morgan fingerprint density at radius 3 is 2.59 bits per heavy atom. The highest BCUT2D eigenvalue weighted by molar-refractivity contribution is 5.85. The van der Waals surface area contributed by atoms with Crippen LogP contribution in [0.5, 0.6) is 17.2 Å². The van der Waals surface area contributed by atoms with Crippen LogP contribution in [0.25, 0.3) is 22.1 Å². The van der Waals surface area contributed by atoms with Gasteiger partial charge in [-0.05, 0) is 29.8 Å². The number of fused-ring (bicyclic) bond motifs is 2. The Balaban J connectivity index is 1.57. The molecule has 29 heavy (non-hydrogen) atoms. The van der Waals surface area contributed by atoms with Gasteiger partial charge in [0.2, 0.25) is 5.43 Å². The number of phenols is 1. The van der Waals surface area contributed by atoms with Gasteiger partial charge in [-0.25, -0.2) is 0 Å². The van der Waals surface area contributed by atoms with Gasteiger partial charge >= 0.3 is 0 Å². The second kappa shape index (κ2) is 7.42. The predicted octanol–water partition coefficient (Wildman–Crippen LogP) is 1.35. The van der Waals surface area contributed by atoms with Crippen molar-refractivity contribution < 1.29 is 28.6 Å². The Hall–Kier alpha value is -3.03. The SMILES string of the molecule is O=c1c(-c2ccc3c(c2)OCCO3)coc2c(C[NH+]3CCOCC3)c(O)ccc12. The summed E-state index contributed by atoms with van der Waals surface area (Å²) < 4.78 is 22.5. The average molecular weight is 396 g/mol. The van der Waals surface area contributed by atoms with E-state index < -0.39 is 0 Å². The second-order valence-electron chi connectivity index (χ2n) is 7.32. The lowest BCUT2D eigenvalue weighted by Gasteiger charge is -2.24. The van der Waals surface area contributed by atoms with Gasteiger partial charge < -0.3 is 28.6 Å². The van der Waals surface area contributed by atoms with Crippen molar-refractivity contribution in [2.75, 3.05) is 39.5 Å². The largest absolute Gasteiger partial charge is 0.507 e. The van der Waals surface area contributed by atoms with E-state index in [-0.39, 0.29) is 11.2 Å². The fourth-order valence-corrected chi connectivity index (χ4v) is 3.92. The minimum atomic E-state index is -0.138. The minimum absolute atomic E-state index is 0.138. The zero-order valence-corrected chi connectivity index (χ0v) is 15.9. The minimum Gasteiger partial charge on any atom is -0.507 e. The van der Waals surface area contributed by atoms with Crippen molar-refractivity contribution in [1.29, 1.82) is 0 Å². The first kappa shape index (κ1) is 18.0. The molecular weight excluding hydrogens is 374 g/mol. The third-order valence-corrected chi connectivity index (χ3v) is 5.50. The van der Waals surface area contributed by atoms with Crippen molar-refractivity contribution in [1.82, 2.24) is 0 Å². The molecule has 0 atom stereocenters. The van der Waals surface area contributed by atoms with Gasteiger partial charge in [0.25, 0.3) is 0 Å². The van der Waals surface area contributed by atoms with E-state index in [0.29, 0.717) is 72.1 Å². The molecule has 2 N–H and O–H groups in total. The van der Waals surface area contributed by atoms with Crippen LogP contribution in [0.4, 0.5) is 0 Å². The monoisotopic (exact) mass is 396 g/mol. The van der Waals surface area contributed by atoms with Gasteiger partial charge in [-0.3, -0.25) is 4.79 Å². The van der Waals surface area contributed by atoms with Crippen molar-refractivity contribution in [3.05, 3.63) is 52.4 Å². The van der Waals surface area contributed by atoms with E-state index in [1.807, 2.05) is 6.07 Å². The third-order valence-electron chi connectivity index (χ3n) is 5.50. The van der Waals surface area contributed by atoms with Crippen LogP contribution in [-0.2, 0) is 11.3 Å². The van der Waals surface area contributed by atoms with Crippen molar-refractivity contribution in [2.45, 2.75) is 6.54 Å². The molecule has 7 nitrogen and oxygen atoms in total. The number of rotatable bonds is 3. The zero-order chi connectivity index (χ0) is 19.8. The molecule has 0 aliphatic carbocycles. The summed E-state index contributed by atoms with van der Waals surface area (Å²) in [5.74, 6) is 1.44. The summed E-state index contributed by atoms with van der Waals surface area (Å²) in [5.41, 5.74) is 2.12. The van der Waals surface area contributed by atoms with E-state index in [1.165, 1.54) is 11.2 Å². The molecular formula is C22H22NO6+. The summed E-state index contributed by atoms with van der Waals surface area (Å²) in [4.78, 5) is 14.5. The summed E-state index contributed by atoms with van der Waals surface area (Å²) in [6.45, 7) is 4.68. The lowest BCUT2D eigenvalue weighted by molar-refractivity contribution is -0.921. The summed E-state index contributed by atoms with van der Waals surface area (Å²) in [6, 6.07) is 8.62. The molecule has 0 saturated carbocycles. The summed E-state index contributed by atoms with van der Waals surface area (Å²) in [6.07, 6.45) is 1.47. The molecule has 2 aliphatic rings. The molecule has 0 spiro atoms. The van der Waals surface area contributed by atoms with Crippen LogP contribution in [0.1, 0.15) is 5.56 Å². The Morgan fingerprint density at radius 2 is 1.76 bits per heavy atom. The number of nitrogens with one attached hydrogen (secondary N) is 1. The maximum Gasteiger partial charge on any atom is 0.200 e. The first-order valence-electron chi connectivity index (χ1n) is 9.78. The number of ether oxygens (including phenoxy) is 3. The van der Waals surface area contributed by atoms with Crippen LogP contribution in [0, 0.1) is 0 Å². The molecule has 5 rings (SSSR count). The molecule has 0 amide bonds. The Labute approximate surface area is 167 Å². The van der Waals surface area contributed by atoms with Crippen LogP contribution >= 0.6 is 0 Å². The first-order chi connectivity index (χ1) is 14.2. The van der Waals surface area contributed by atoms with Gasteiger partial charge in [-0.2, -0.15) is 0 Å². The van der Waals surface area contributed by atoms with E-state index >= 15 is 0 Å². The number of phenolic OH excluding ortho intramolecular Hbond substituents is 1. The number of aromatic hydroxyl groups is 1. The van der Waals surface area contributed by atoms with Crippen molar-refractivity contribution in [2.24, 2.45) is 0 Å². The highest BCUT2D eigenvalue weighted by Gasteiger charge is 2.22. The molecule has 1 aromatic heterocycles. The van der Waals surface area contributed by atoms with Crippen LogP contribution in [0.2, 0.25) is 0 Å². The van der Waals surface area contributed by atoms with Gasteiger partial charge in [0.1, 0.15) is 50.4 Å². The van der Waals surface area contributed by atoms with Crippen molar-refractivity contribution >= 4 is 11.0 Å². The molecule has 0 unspecified atom stereocenters. The summed E-state index contributed by atoms with van der Waals surface area (Å²) >= 11 is 0. The number of benzene rings is 2. The van der Waals surface area contributed by atoms with Crippen LogP contribution in [0.15, 0.2) is 45.8 Å². The topological polar surface area (TPSA) is 82.6 Å². The zero-order valence-electron chi connectivity index (χ0n) is 15.9. The van der Waals surface area contributed by atoms with E-state index in [0.717, 1.165) is 13.1 Å². The Morgan fingerprint density at radius 1 is 0.966 bits per heavy atom. The van der Waals surface area contributed by atoms with Gasteiger partial charge in [0, 0.05) is 0 Å². The molecule has 3 heterocycles. The Bertz CT molecular complexity index is 1120. The average Bonchev–Trinajstić information content (AvgIpc) is 2.76. The fraction of sp³-hybridized carbons (Fsp3) is 0.318. The molecule has 0 bridgehead atoms. The van der Waals surface area contributed by atoms with E-state index in [9.17, 15) is 9.90 Å². The van der Waals surface area contributed by atoms with Crippen LogP contribution in [-0.4, -0.2) is 44.6 Å². The van der Waals surface area contributed by atoms with E-state index in [1.54, 1.807) is 24.3 Å². The van der Waals surface area contributed by atoms with Crippen molar-refractivity contribution in [3.63, 3.8) is 0 Å². The molecule has 0 radical (unpaired) electrons. The van der Waals surface area contributed by atoms with Gasteiger partial charge in [-0.15, -0.1) is 0 Å². The molecule has 1 saturated heterocycles. The fourth-order valence-electron chi connectivity index (χ4n) is 3.92. The number of quaternary nitrogens is 1. The number of hydrogen-bond acceptors (Lipinski definition) is 6. The highest BCUT2D eigenvalue weighted by Crippen LogP contribution is 2.34. The summed E-state index contributed by atoms with van der Waals surface area (Å²) in [5, 5.41) is 10.9. The smallest absolute Gasteiger partial charge is 0.200 e. The predicted molar refractivity (Wildman–Crippen MR) is 106 cm³/mol. The molecule has 150 valence electrons. The number of hydrogen-bond donors (Lipinski definition) is 2. The van der Waals surface area contributed by atoms with Crippen LogP contribution in [0.3, 0.4) is 0 Å². The molecule has 7 heteroatoms. The molecule has 2 aromatic carbocycles. The second-order valence-corrected chi connectivity index (χ2v) is 7.32. The van der Waals surface area contributed by atoms with E-state index in [2.05, 4.69) is 0 Å². The van der Waals surface area contributed by atoms with E-state index in [4.69, 9.17) is 18.6 Å². The van der Waals surface area contributed by atoms with Gasteiger partial charge in [0.15, 0.2) is 11.5 Å². The lowest BCUT2D eigenvalue weighted by atomic mass is 10.0. The lowest BCUT2D eigenvalue weighted by Crippen LogP contribution is -3.12. The molecule has 3 aromatic rings. The third kappa shape index (κ3) is 3.32. The highest BCUT2D eigenvalue weighted by atomic mass is 16.6. The normalized spacial score (nSPS) is 16.8. The summed E-state index contributed by atoms with van der Waals surface area (Å²) in [7, 11) is 0. The molecule has 1 fully saturated rings. The van der Waals surface area contributed by atoms with Crippen molar-refractivity contribution in [3.8, 4) is 28.4 Å². The Kier molecular flexibility index (Phi) is 4.61. The first-order valence-corrected chi connectivity index (χ1v) is 9.78. The standard InChI is InChI=1S/C22H21NO6/c24-18-3-2-15-21(25)17(14-1-4-19-20(11-14)28-10-9-27-19)13-29-22(15)16(18)12-23-5-7-26-8-6-23/h1-4,11,13,24H,5-10,12H2/p+1.